The van der Waals surface area contributed by atoms with Gasteiger partial charge in [0.15, 0.2) is 0 Å². The van der Waals surface area contributed by atoms with E-state index in [-0.39, 0.29) is 6.09 Å². The fourth-order valence-corrected chi connectivity index (χ4v) is 2.25. The molecule has 1 amide bonds. The molecule has 1 N–H and O–H groups in total. The van der Waals surface area contributed by atoms with Crippen LogP contribution in [0.25, 0.3) is 10.9 Å². The zero-order chi connectivity index (χ0) is 13.2. The largest absolute Gasteiger partial charge is 0.415 e. The van der Waals surface area contributed by atoms with E-state index in [1.165, 1.54) is 0 Å². The first-order valence-corrected chi connectivity index (χ1v) is 6.45. The number of likely N-dealkylation sites (N-methyl/N-ethyl adjacent to an activating group) is 1. The number of rotatable bonds is 1. The summed E-state index contributed by atoms with van der Waals surface area (Å²) in [6.07, 6.45) is 1.61. The van der Waals surface area contributed by atoms with Gasteiger partial charge in [0.1, 0.15) is 5.75 Å². The van der Waals surface area contributed by atoms with E-state index in [2.05, 4.69) is 16.9 Å². The summed E-state index contributed by atoms with van der Waals surface area (Å²) in [7, 11) is 2.06. The minimum atomic E-state index is -0.261. The van der Waals surface area contributed by atoms with Crippen molar-refractivity contribution in [2.24, 2.45) is 0 Å². The molecular weight excluding hydrogens is 242 g/mol. The van der Waals surface area contributed by atoms with E-state index in [0.717, 1.165) is 37.1 Å². The van der Waals surface area contributed by atoms with Crippen LogP contribution < -0.4 is 4.74 Å². The summed E-state index contributed by atoms with van der Waals surface area (Å²) in [6.45, 7) is 3.24. The lowest BCUT2D eigenvalue weighted by Gasteiger charge is -2.31. The maximum absolute atomic E-state index is 12.0. The summed E-state index contributed by atoms with van der Waals surface area (Å²) >= 11 is 0. The van der Waals surface area contributed by atoms with Crippen LogP contribution in [0.15, 0.2) is 30.5 Å². The predicted octanol–water partition coefficient (Wildman–Crippen LogP) is 1.91. The molecule has 0 radical (unpaired) electrons. The fraction of sp³-hybridized carbons (Fsp3) is 0.357. The number of nitrogens with zero attached hydrogens (tertiary/aromatic N) is 2. The van der Waals surface area contributed by atoms with Gasteiger partial charge in [0.05, 0.1) is 0 Å². The quantitative estimate of drug-likeness (QED) is 0.851. The number of hydrogen-bond donors (Lipinski definition) is 1. The molecule has 2 heterocycles. The van der Waals surface area contributed by atoms with Gasteiger partial charge in [-0.25, -0.2) is 4.79 Å². The van der Waals surface area contributed by atoms with Crippen LogP contribution in [0.1, 0.15) is 0 Å². The SMILES string of the molecule is CN1CCN(C(=O)Oc2ccc3[nH]ccc3c2)CC1. The second kappa shape index (κ2) is 4.93. The number of carbonyl (C=O) groups excluding carboxylic acids is 1. The third-order valence-corrected chi connectivity index (χ3v) is 3.49. The highest BCUT2D eigenvalue weighted by Crippen LogP contribution is 2.20. The lowest BCUT2D eigenvalue weighted by molar-refractivity contribution is 0.120. The molecule has 1 fully saturated rings. The molecule has 100 valence electrons. The number of aromatic amines is 1. The van der Waals surface area contributed by atoms with Gasteiger partial charge in [-0.2, -0.15) is 0 Å². The van der Waals surface area contributed by atoms with E-state index in [9.17, 15) is 4.79 Å². The molecule has 0 spiro atoms. The number of piperazine rings is 1. The normalized spacial score (nSPS) is 16.8. The van der Waals surface area contributed by atoms with Gasteiger partial charge < -0.3 is 19.5 Å². The summed E-state index contributed by atoms with van der Waals surface area (Å²) in [5, 5.41) is 1.05. The van der Waals surface area contributed by atoms with Gasteiger partial charge in [-0.1, -0.05) is 0 Å². The first-order chi connectivity index (χ1) is 9.22. The minimum absolute atomic E-state index is 0.261. The van der Waals surface area contributed by atoms with Gasteiger partial charge in [-0.05, 0) is 31.3 Å². The number of benzene rings is 1. The van der Waals surface area contributed by atoms with E-state index in [0.29, 0.717) is 5.75 Å². The Hall–Kier alpha value is -2.01. The third-order valence-electron chi connectivity index (χ3n) is 3.49. The Balaban J connectivity index is 1.68. The second-order valence-electron chi connectivity index (χ2n) is 4.89. The zero-order valence-electron chi connectivity index (χ0n) is 10.9. The predicted molar refractivity (Wildman–Crippen MR) is 73.4 cm³/mol. The summed E-state index contributed by atoms with van der Waals surface area (Å²) < 4.78 is 5.42. The molecule has 0 unspecified atom stereocenters. The number of nitrogens with one attached hydrogen (secondary N) is 1. The first-order valence-electron chi connectivity index (χ1n) is 6.45. The van der Waals surface area contributed by atoms with Gasteiger partial charge in [-0.15, -0.1) is 0 Å². The van der Waals surface area contributed by atoms with Crippen molar-refractivity contribution in [1.82, 2.24) is 14.8 Å². The van der Waals surface area contributed by atoms with E-state index < -0.39 is 0 Å². The molecule has 3 rings (SSSR count). The minimum Gasteiger partial charge on any atom is -0.410 e. The van der Waals surface area contributed by atoms with Gasteiger partial charge >= 0.3 is 6.09 Å². The second-order valence-corrected chi connectivity index (χ2v) is 4.89. The van der Waals surface area contributed by atoms with Crippen molar-refractivity contribution in [3.05, 3.63) is 30.5 Å². The average molecular weight is 259 g/mol. The molecule has 1 aliphatic heterocycles. The van der Waals surface area contributed by atoms with E-state index in [1.807, 2.05) is 30.5 Å². The van der Waals surface area contributed by atoms with E-state index in [4.69, 9.17) is 4.74 Å². The van der Waals surface area contributed by atoms with Crippen molar-refractivity contribution in [2.45, 2.75) is 0 Å². The van der Waals surface area contributed by atoms with Crippen LogP contribution in [0, 0.1) is 0 Å². The van der Waals surface area contributed by atoms with Crippen molar-refractivity contribution in [1.29, 1.82) is 0 Å². The summed E-state index contributed by atoms with van der Waals surface area (Å²) in [4.78, 5) is 19.1. The standard InChI is InChI=1S/C14H17N3O2/c1-16-6-8-17(9-7-16)14(18)19-12-2-3-13-11(10-12)4-5-15-13/h2-5,10,15H,6-9H2,1H3. The molecule has 5 heteroatoms. The van der Waals surface area contributed by atoms with Crippen molar-refractivity contribution in [3.8, 4) is 5.75 Å². The maximum atomic E-state index is 12.0. The smallest absolute Gasteiger partial charge is 0.410 e. The molecule has 1 aromatic heterocycles. The number of aromatic nitrogens is 1. The summed E-state index contributed by atoms with van der Waals surface area (Å²) in [5.41, 5.74) is 1.04. The van der Waals surface area contributed by atoms with Crippen LogP contribution in [-0.4, -0.2) is 54.1 Å². The summed E-state index contributed by atoms with van der Waals surface area (Å²) in [5.74, 6) is 0.594. The molecule has 2 aromatic rings. The van der Waals surface area contributed by atoms with Crippen molar-refractivity contribution in [3.63, 3.8) is 0 Å². The van der Waals surface area contributed by atoms with Crippen LogP contribution in [0.4, 0.5) is 4.79 Å². The lowest BCUT2D eigenvalue weighted by Crippen LogP contribution is -2.48. The number of amides is 1. The highest BCUT2D eigenvalue weighted by molar-refractivity contribution is 5.82. The third kappa shape index (κ3) is 2.56. The molecular formula is C14H17N3O2. The molecule has 1 saturated heterocycles. The number of hydrogen-bond acceptors (Lipinski definition) is 3. The Bertz CT molecular complexity index is 585. The van der Waals surface area contributed by atoms with E-state index in [1.54, 1.807) is 4.90 Å². The van der Waals surface area contributed by atoms with Gasteiger partial charge in [0.2, 0.25) is 0 Å². The topological polar surface area (TPSA) is 48.6 Å². The molecule has 0 saturated carbocycles. The Kier molecular flexibility index (Phi) is 3.13. The van der Waals surface area contributed by atoms with Crippen LogP contribution in [0.5, 0.6) is 5.75 Å². The average Bonchev–Trinajstić information content (AvgIpc) is 2.87. The van der Waals surface area contributed by atoms with Crippen LogP contribution >= 0.6 is 0 Å². The van der Waals surface area contributed by atoms with Crippen molar-refractivity contribution >= 4 is 17.0 Å². The number of carbonyl (C=O) groups is 1. The number of H-pyrrole nitrogens is 1. The van der Waals surface area contributed by atoms with Crippen LogP contribution in [-0.2, 0) is 0 Å². The van der Waals surface area contributed by atoms with Crippen LogP contribution in [0.2, 0.25) is 0 Å². The molecule has 1 aliphatic rings. The van der Waals surface area contributed by atoms with Gasteiger partial charge in [-0.3, -0.25) is 0 Å². The monoisotopic (exact) mass is 259 g/mol. The molecule has 0 bridgehead atoms. The molecule has 5 nitrogen and oxygen atoms in total. The van der Waals surface area contributed by atoms with E-state index >= 15 is 0 Å². The molecule has 1 aromatic carbocycles. The summed E-state index contributed by atoms with van der Waals surface area (Å²) in [6, 6.07) is 7.57. The number of fused-ring (bicyclic) bond motifs is 1. The molecule has 0 aliphatic carbocycles. The molecule has 0 atom stereocenters. The van der Waals surface area contributed by atoms with Gasteiger partial charge in [0.25, 0.3) is 0 Å². The Morgan fingerprint density at radius 3 is 2.79 bits per heavy atom. The Morgan fingerprint density at radius 2 is 2.00 bits per heavy atom. The fourth-order valence-electron chi connectivity index (χ4n) is 2.25. The highest BCUT2D eigenvalue weighted by Gasteiger charge is 2.20. The zero-order valence-corrected chi connectivity index (χ0v) is 10.9. The maximum Gasteiger partial charge on any atom is 0.415 e. The first kappa shape index (κ1) is 12.0. The highest BCUT2D eigenvalue weighted by atomic mass is 16.6. The van der Waals surface area contributed by atoms with Crippen molar-refractivity contribution in [2.75, 3.05) is 33.2 Å². The molecule has 19 heavy (non-hydrogen) atoms. The number of ether oxygens (including phenoxy) is 1. The van der Waals surface area contributed by atoms with Crippen LogP contribution in [0.3, 0.4) is 0 Å². The van der Waals surface area contributed by atoms with Crippen molar-refractivity contribution < 1.29 is 9.53 Å². The Labute approximate surface area is 111 Å². The Morgan fingerprint density at radius 1 is 1.21 bits per heavy atom. The van der Waals surface area contributed by atoms with Gasteiger partial charge in [0, 0.05) is 43.3 Å². The lowest BCUT2D eigenvalue weighted by atomic mass is 10.2.